The quantitative estimate of drug-likeness (QED) is 0.927. The Hall–Kier alpha value is -1.55. The molecule has 1 heterocycles. The molecule has 1 aliphatic carbocycles. The molecule has 1 aliphatic heterocycles. The normalized spacial score (nSPS) is 23.0. The second-order valence-corrected chi connectivity index (χ2v) is 7.01. The fourth-order valence-corrected chi connectivity index (χ4v) is 3.77. The molecule has 1 amide bonds. The Labute approximate surface area is 138 Å². The van der Waals surface area contributed by atoms with Gasteiger partial charge in [0.2, 0.25) is 0 Å². The summed E-state index contributed by atoms with van der Waals surface area (Å²) in [6.45, 7) is 4.75. The van der Waals surface area contributed by atoms with Crippen LogP contribution in [0.25, 0.3) is 0 Å². The molecule has 1 saturated heterocycles. The molecule has 1 aromatic carbocycles. The van der Waals surface area contributed by atoms with Gasteiger partial charge in [0, 0.05) is 0 Å². The first kappa shape index (κ1) is 16.3. The van der Waals surface area contributed by atoms with Crippen molar-refractivity contribution in [1.82, 2.24) is 5.32 Å². The Morgan fingerprint density at radius 3 is 2.87 bits per heavy atom. The smallest absolute Gasteiger partial charge is 0.258 e. The van der Waals surface area contributed by atoms with E-state index in [1.807, 2.05) is 32.0 Å². The Balaban J connectivity index is 1.47. The Bertz CT molecular complexity index is 564. The number of amides is 1. The van der Waals surface area contributed by atoms with Crippen LogP contribution in [-0.4, -0.2) is 30.8 Å². The minimum Gasteiger partial charge on any atom is -0.483 e. The van der Waals surface area contributed by atoms with Gasteiger partial charge in [0.15, 0.2) is 6.61 Å². The van der Waals surface area contributed by atoms with Crippen LogP contribution < -0.4 is 10.1 Å². The zero-order chi connectivity index (χ0) is 16.3. The predicted octanol–water partition coefficient (Wildman–Crippen LogP) is 3.29. The van der Waals surface area contributed by atoms with Crippen LogP contribution in [0.15, 0.2) is 18.2 Å². The van der Waals surface area contributed by atoms with Gasteiger partial charge in [-0.2, -0.15) is 0 Å². The van der Waals surface area contributed by atoms with Gasteiger partial charge < -0.3 is 14.8 Å². The summed E-state index contributed by atoms with van der Waals surface area (Å²) in [5.74, 6) is 0.721. The van der Waals surface area contributed by atoms with Crippen LogP contribution in [0.4, 0.5) is 0 Å². The molecule has 0 bridgehead atoms. The molecule has 0 unspecified atom stereocenters. The average Bonchev–Trinajstić information content (AvgIpc) is 2.91. The van der Waals surface area contributed by atoms with Crippen molar-refractivity contribution in [1.29, 1.82) is 0 Å². The molecule has 0 radical (unpaired) electrons. The van der Waals surface area contributed by atoms with E-state index in [0.717, 1.165) is 30.6 Å². The fourth-order valence-electron chi connectivity index (χ4n) is 3.77. The van der Waals surface area contributed by atoms with Gasteiger partial charge in [0.25, 0.3) is 5.91 Å². The molecule has 126 valence electrons. The van der Waals surface area contributed by atoms with Crippen LogP contribution in [-0.2, 0) is 9.53 Å². The zero-order valence-electron chi connectivity index (χ0n) is 14.2. The summed E-state index contributed by atoms with van der Waals surface area (Å²) >= 11 is 0. The topological polar surface area (TPSA) is 47.6 Å². The number of aryl methyl sites for hydroxylation is 1. The number of hydrogen-bond acceptors (Lipinski definition) is 3. The van der Waals surface area contributed by atoms with Crippen LogP contribution >= 0.6 is 0 Å². The van der Waals surface area contributed by atoms with Crippen molar-refractivity contribution in [3.63, 3.8) is 0 Å². The first-order valence-corrected chi connectivity index (χ1v) is 8.70. The molecule has 1 saturated carbocycles. The van der Waals surface area contributed by atoms with E-state index in [4.69, 9.17) is 9.47 Å². The minimum absolute atomic E-state index is 0.0319. The zero-order valence-corrected chi connectivity index (χ0v) is 14.2. The SMILES string of the molecule is Cc1cccc(OCC(=O)N[C@@H]2COC3(CCCCC3)C2)c1C. The van der Waals surface area contributed by atoms with Gasteiger partial charge in [-0.3, -0.25) is 4.79 Å². The first-order valence-electron chi connectivity index (χ1n) is 8.70. The van der Waals surface area contributed by atoms with Crippen molar-refractivity contribution in [2.24, 2.45) is 0 Å². The molecule has 1 atom stereocenters. The molecule has 1 aromatic rings. The Kier molecular flexibility index (Phi) is 4.90. The van der Waals surface area contributed by atoms with E-state index < -0.39 is 0 Å². The van der Waals surface area contributed by atoms with Crippen molar-refractivity contribution in [2.45, 2.75) is 64.0 Å². The summed E-state index contributed by atoms with van der Waals surface area (Å²) in [6.07, 6.45) is 7.03. The lowest BCUT2D eigenvalue weighted by Gasteiger charge is -2.32. The van der Waals surface area contributed by atoms with E-state index in [1.54, 1.807) is 0 Å². The van der Waals surface area contributed by atoms with E-state index in [9.17, 15) is 4.79 Å². The molecule has 4 heteroatoms. The molecular weight excluding hydrogens is 290 g/mol. The summed E-state index contributed by atoms with van der Waals surface area (Å²) in [6, 6.07) is 6.03. The van der Waals surface area contributed by atoms with Crippen molar-refractivity contribution < 1.29 is 14.3 Å². The molecule has 23 heavy (non-hydrogen) atoms. The van der Waals surface area contributed by atoms with Gasteiger partial charge in [-0.25, -0.2) is 0 Å². The number of rotatable bonds is 4. The van der Waals surface area contributed by atoms with Crippen LogP contribution in [0.1, 0.15) is 49.7 Å². The summed E-state index contributed by atoms with van der Waals surface area (Å²) < 4.78 is 11.7. The van der Waals surface area contributed by atoms with Crippen molar-refractivity contribution in [3.8, 4) is 5.75 Å². The number of carbonyl (C=O) groups is 1. The fraction of sp³-hybridized carbons (Fsp3) is 0.632. The molecule has 2 aliphatic rings. The molecular formula is C19H27NO3. The van der Waals surface area contributed by atoms with Crippen molar-refractivity contribution in [2.75, 3.05) is 13.2 Å². The monoisotopic (exact) mass is 317 g/mol. The number of ether oxygens (including phenoxy) is 2. The molecule has 3 rings (SSSR count). The van der Waals surface area contributed by atoms with Gasteiger partial charge in [-0.15, -0.1) is 0 Å². The summed E-state index contributed by atoms with van der Waals surface area (Å²) in [4.78, 5) is 12.1. The summed E-state index contributed by atoms with van der Waals surface area (Å²) in [7, 11) is 0. The van der Waals surface area contributed by atoms with Crippen molar-refractivity contribution in [3.05, 3.63) is 29.3 Å². The van der Waals surface area contributed by atoms with E-state index in [0.29, 0.717) is 6.61 Å². The van der Waals surface area contributed by atoms with Gasteiger partial charge >= 0.3 is 0 Å². The lowest BCUT2D eigenvalue weighted by molar-refractivity contribution is -0.123. The molecule has 2 fully saturated rings. The van der Waals surface area contributed by atoms with Gasteiger partial charge in [0.1, 0.15) is 5.75 Å². The summed E-state index contributed by atoms with van der Waals surface area (Å²) in [5, 5.41) is 3.07. The highest BCUT2D eigenvalue weighted by atomic mass is 16.5. The average molecular weight is 317 g/mol. The van der Waals surface area contributed by atoms with Crippen LogP contribution in [0.5, 0.6) is 5.75 Å². The lowest BCUT2D eigenvalue weighted by Crippen LogP contribution is -2.39. The number of benzene rings is 1. The van der Waals surface area contributed by atoms with Gasteiger partial charge in [0.05, 0.1) is 18.2 Å². The molecule has 0 aromatic heterocycles. The second kappa shape index (κ2) is 6.91. The Morgan fingerprint density at radius 1 is 1.30 bits per heavy atom. The van der Waals surface area contributed by atoms with E-state index >= 15 is 0 Å². The second-order valence-electron chi connectivity index (χ2n) is 7.01. The van der Waals surface area contributed by atoms with E-state index in [-0.39, 0.29) is 24.2 Å². The largest absolute Gasteiger partial charge is 0.483 e. The predicted molar refractivity (Wildman–Crippen MR) is 89.7 cm³/mol. The number of hydrogen-bond donors (Lipinski definition) is 1. The highest BCUT2D eigenvalue weighted by Gasteiger charge is 2.41. The maximum atomic E-state index is 12.1. The van der Waals surface area contributed by atoms with Gasteiger partial charge in [-0.05, 0) is 50.3 Å². The third-order valence-electron chi connectivity index (χ3n) is 5.25. The standard InChI is InChI=1S/C19H27NO3/c1-14-7-6-8-17(15(14)2)22-13-18(21)20-16-11-19(23-12-16)9-4-3-5-10-19/h6-8,16H,3-5,9-13H2,1-2H3,(H,20,21)/t16-/m0/s1. The highest BCUT2D eigenvalue weighted by molar-refractivity contribution is 5.78. The Morgan fingerprint density at radius 2 is 2.09 bits per heavy atom. The highest BCUT2D eigenvalue weighted by Crippen LogP contribution is 2.39. The third-order valence-corrected chi connectivity index (χ3v) is 5.25. The van der Waals surface area contributed by atoms with E-state index in [2.05, 4.69) is 5.32 Å². The van der Waals surface area contributed by atoms with E-state index in [1.165, 1.54) is 24.8 Å². The first-order chi connectivity index (χ1) is 11.1. The van der Waals surface area contributed by atoms with Crippen LogP contribution in [0.3, 0.4) is 0 Å². The van der Waals surface area contributed by atoms with Gasteiger partial charge in [-0.1, -0.05) is 31.4 Å². The molecule has 1 spiro atoms. The lowest BCUT2D eigenvalue weighted by atomic mass is 9.82. The summed E-state index contributed by atoms with van der Waals surface area (Å²) in [5.41, 5.74) is 2.29. The van der Waals surface area contributed by atoms with Crippen molar-refractivity contribution >= 4 is 5.91 Å². The van der Waals surface area contributed by atoms with Crippen LogP contribution in [0.2, 0.25) is 0 Å². The number of nitrogens with one attached hydrogen (secondary N) is 1. The number of carbonyl (C=O) groups excluding carboxylic acids is 1. The molecule has 1 N–H and O–H groups in total. The maximum absolute atomic E-state index is 12.1. The maximum Gasteiger partial charge on any atom is 0.258 e. The van der Waals surface area contributed by atoms with Crippen LogP contribution in [0, 0.1) is 13.8 Å². The third kappa shape index (κ3) is 3.86. The molecule has 4 nitrogen and oxygen atoms in total. The minimum atomic E-state index is -0.0626.